The first-order valence-corrected chi connectivity index (χ1v) is 9.93. The maximum absolute atomic E-state index is 5.57. The van der Waals surface area contributed by atoms with Crippen LogP contribution in [0.2, 0.25) is 0 Å². The first-order valence-electron chi connectivity index (χ1n) is 9.93. The third-order valence-corrected chi connectivity index (χ3v) is 6.08. The van der Waals surface area contributed by atoms with Crippen LogP contribution in [0.3, 0.4) is 0 Å². The van der Waals surface area contributed by atoms with Crippen molar-refractivity contribution in [3.63, 3.8) is 0 Å². The van der Waals surface area contributed by atoms with Gasteiger partial charge in [-0.2, -0.15) is 0 Å². The normalized spacial score (nSPS) is 20.7. The van der Waals surface area contributed by atoms with Gasteiger partial charge in [0.05, 0.1) is 6.54 Å². The Morgan fingerprint density at radius 2 is 1.74 bits per heavy atom. The Hall–Kier alpha value is -0.860. The van der Waals surface area contributed by atoms with Gasteiger partial charge in [0.25, 0.3) is 0 Å². The van der Waals surface area contributed by atoms with Crippen LogP contribution < -0.4 is 10.6 Å². The second-order valence-corrected chi connectivity index (χ2v) is 7.93. The number of hydrogen-bond acceptors (Lipinski definition) is 3. The van der Waals surface area contributed by atoms with Gasteiger partial charge < -0.3 is 20.3 Å². The van der Waals surface area contributed by atoms with Crippen LogP contribution in [0.4, 0.5) is 0 Å². The van der Waals surface area contributed by atoms with Gasteiger partial charge in [-0.3, -0.25) is 4.99 Å². The van der Waals surface area contributed by atoms with Crippen molar-refractivity contribution in [2.24, 2.45) is 4.99 Å². The summed E-state index contributed by atoms with van der Waals surface area (Å²) >= 11 is 0. The van der Waals surface area contributed by atoms with E-state index in [9.17, 15) is 0 Å². The van der Waals surface area contributed by atoms with Crippen LogP contribution in [-0.2, 0) is 10.2 Å². The Balaban J connectivity index is 0.00000261. The smallest absolute Gasteiger partial charge is 0.191 e. The van der Waals surface area contributed by atoms with Crippen LogP contribution in [0.15, 0.2) is 35.3 Å². The zero-order valence-electron chi connectivity index (χ0n) is 17.0. The van der Waals surface area contributed by atoms with Crippen molar-refractivity contribution in [2.45, 2.75) is 43.6 Å². The van der Waals surface area contributed by atoms with E-state index in [4.69, 9.17) is 9.73 Å². The zero-order chi connectivity index (χ0) is 18.5. The molecule has 3 rings (SSSR count). The molecule has 0 bridgehead atoms. The highest BCUT2D eigenvalue weighted by Crippen LogP contribution is 2.47. The average Bonchev–Trinajstić information content (AvgIpc) is 3.46. The predicted molar refractivity (Wildman–Crippen MR) is 123 cm³/mol. The van der Waals surface area contributed by atoms with Crippen molar-refractivity contribution in [3.05, 3.63) is 35.9 Å². The van der Waals surface area contributed by atoms with E-state index < -0.39 is 0 Å². The molecule has 2 N–H and O–H groups in total. The lowest BCUT2D eigenvalue weighted by atomic mass is 9.89. The summed E-state index contributed by atoms with van der Waals surface area (Å²) in [6.45, 7) is 6.40. The summed E-state index contributed by atoms with van der Waals surface area (Å²) in [6.07, 6.45) is 4.58. The predicted octanol–water partition coefficient (Wildman–Crippen LogP) is 3.00. The maximum atomic E-state index is 5.57. The largest absolute Gasteiger partial charge is 0.381 e. The summed E-state index contributed by atoms with van der Waals surface area (Å²) in [7, 11) is 4.32. The van der Waals surface area contributed by atoms with Crippen LogP contribution in [0.5, 0.6) is 0 Å². The van der Waals surface area contributed by atoms with E-state index >= 15 is 0 Å². The van der Waals surface area contributed by atoms with Crippen LogP contribution in [0, 0.1) is 0 Å². The number of halogens is 1. The van der Waals surface area contributed by atoms with Crippen LogP contribution in [0.1, 0.15) is 38.2 Å². The van der Waals surface area contributed by atoms with Gasteiger partial charge in [0.15, 0.2) is 5.96 Å². The minimum Gasteiger partial charge on any atom is -0.381 e. The fourth-order valence-corrected chi connectivity index (χ4v) is 3.83. The summed E-state index contributed by atoms with van der Waals surface area (Å²) in [5.41, 5.74) is 1.84. The number of rotatable bonds is 7. The SMILES string of the molecule is CCNC(=NCC1(N(C)C)CCOCC1)NCC1(c2ccccc2)CC1.I. The first kappa shape index (κ1) is 22.4. The van der Waals surface area contributed by atoms with E-state index in [1.807, 2.05) is 0 Å². The van der Waals surface area contributed by atoms with Gasteiger partial charge >= 0.3 is 0 Å². The van der Waals surface area contributed by atoms with Crippen LogP contribution in [-0.4, -0.2) is 63.3 Å². The van der Waals surface area contributed by atoms with Crippen molar-refractivity contribution in [1.82, 2.24) is 15.5 Å². The molecule has 0 atom stereocenters. The fourth-order valence-electron chi connectivity index (χ4n) is 3.83. The molecule has 1 heterocycles. The molecule has 0 unspecified atom stereocenters. The molecule has 1 aliphatic heterocycles. The van der Waals surface area contributed by atoms with Gasteiger partial charge in [0.2, 0.25) is 0 Å². The second-order valence-electron chi connectivity index (χ2n) is 7.93. The molecule has 0 radical (unpaired) electrons. The Morgan fingerprint density at radius 3 is 2.30 bits per heavy atom. The monoisotopic (exact) mass is 486 g/mol. The van der Waals surface area contributed by atoms with Gasteiger partial charge in [-0.05, 0) is 52.3 Å². The molecule has 2 fully saturated rings. The highest BCUT2D eigenvalue weighted by Gasteiger charge is 2.44. The lowest BCUT2D eigenvalue weighted by Crippen LogP contribution is -2.52. The van der Waals surface area contributed by atoms with E-state index in [1.54, 1.807) is 0 Å². The minimum absolute atomic E-state index is 0. The Morgan fingerprint density at radius 1 is 1.07 bits per heavy atom. The third kappa shape index (κ3) is 5.57. The minimum atomic E-state index is 0. The molecule has 5 nitrogen and oxygen atoms in total. The standard InChI is InChI=1S/C21H34N4O.HI/c1-4-22-19(24-17-21(25(2)3)12-14-26-15-13-21)23-16-20(10-11-20)18-8-6-5-7-9-18;/h5-9H,4,10-17H2,1-3H3,(H2,22,23,24);1H. The quantitative estimate of drug-likeness (QED) is 0.354. The molecule has 152 valence electrons. The molecule has 0 amide bonds. The number of aliphatic imine (C=N–C) groups is 1. The molecule has 1 saturated carbocycles. The van der Waals surface area contributed by atoms with Gasteiger partial charge in [-0.25, -0.2) is 0 Å². The Kier molecular flexibility index (Phi) is 8.37. The van der Waals surface area contributed by atoms with E-state index in [0.717, 1.165) is 51.6 Å². The molecule has 27 heavy (non-hydrogen) atoms. The number of hydrogen-bond donors (Lipinski definition) is 2. The number of nitrogens with one attached hydrogen (secondary N) is 2. The molecule has 1 aromatic rings. The molecule has 6 heteroatoms. The second kappa shape index (κ2) is 10.1. The summed E-state index contributed by atoms with van der Waals surface area (Å²) < 4.78 is 5.57. The molecule has 1 aromatic carbocycles. The van der Waals surface area contributed by atoms with Gasteiger partial charge in [0.1, 0.15) is 0 Å². The number of likely N-dealkylation sites (N-methyl/N-ethyl adjacent to an activating group) is 1. The Labute approximate surface area is 181 Å². The van der Waals surface area contributed by atoms with E-state index in [2.05, 4.69) is 66.9 Å². The van der Waals surface area contributed by atoms with Crippen molar-refractivity contribution < 1.29 is 4.74 Å². The van der Waals surface area contributed by atoms with Crippen molar-refractivity contribution in [1.29, 1.82) is 0 Å². The highest BCUT2D eigenvalue weighted by atomic mass is 127. The van der Waals surface area contributed by atoms with Gasteiger partial charge in [0, 0.05) is 37.3 Å². The molecule has 1 saturated heterocycles. The lowest BCUT2D eigenvalue weighted by Gasteiger charge is -2.41. The first-order chi connectivity index (χ1) is 12.6. The van der Waals surface area contributed by atoms with Crippen molar-refractivity contribution >= 4 is 29.9 Å². The van der Waals surface area contributed by atoms with E-state index in [1.165, 1.54) is 18.4 Å². The van der Waals surface area contributed by atoms with Crippen molar-refractivity contribution in [3.8, 4) is 0 Å². The maximum Gasteiger partial charge on any atom is 0.191 e. The Bertz CT molecular complexity index is 595. The number of guanidine groups is 1. The van der Waals surface area contributed by atoms with Gasteiger partial charge in [-0.1, -0.05) is 30.3 Å². The lowest BCUT2D eigenvalue weighted by molar-refractivity contribution is -0.00254. The van der Waals surface area contributed by atoms with Gasteiger partial charge in [-0.15, -0.1) is 24.0 Å². The van der Waals surface area contributed by atoms with Crippen molar-refractivity contribution in [2.75, 3.05) is 46.9 Å². The summed E-state index contributed by atoms with van der Waals surface area (Å²) in [6, 6.07) is 10.9. The average molecular weight is 486 g/mol. The highest BCUT2D eigenvalue weighted by molar-refractivity contribution is 14.0. The number of ether oxygens (including phenoxy) is 1. The third-order valence-electron chi connectivity index (χ3n) is 6.08. The van der Waals surface area contributed by atoms with E-state index in [0.29, 0.717) is 0 Å². The fraction of sp³-hybridized carbons (Fsp3) is 0.667. The molecular formula is C21H35IN4O. The molecule has 2 aliphatic rings. The molecular weight excluding hydrogens is 451 g/mol. The summed E-state index contributed by atoms with van der Waals surface area (Å²) in [5, 5.41) is 7.03. The topological polar surface area (TPSA) is 48.9 Å². The number of nitrogens with zero attached hydrogens (tertiary/aromatic N) is 2. The summed E-state index contributed by atoms with van der Waals surface area (Å²) in [4.78, 5) is 7.28. The van der Waals surface area contributed by atoms with Crippen LogP contribution >= 0.6 is 24.0 Å². The molecule has 0 spiro atoms. The number of benzene rings is 1. The molecule has 1 aliphatic carbocycles. The zero-order valence-corrected chi connectivity index (χ0v) is 19.3. The summed E-state index contributed by atoms with van der Waals surface area (Å²) in [5.74, 6) is 0.933. The molecule has 0 aromatic heterocycles. The van der Waals surface area contributed by atoms with Crippen LogP contribution in [0.25, 0.3) is 0 Å². The van der Waals surface area contributed by atoms with E-state index in [-0.39, 0.29) is 34.9 Å².